The van der Waals surface area contributed by atoms with E-state index in [1.165, 1.54) is 25.7 Å². The van der Waals surface area contributed by atoms with Crippen molar-refractivity contribution < 1.29 is 9.47 Å². The quantitative estimate of drug-likeness (QED) is 0.236. The molecule has 0 aliphatic heterocycles. The zero-order chi connectivity index (χ0) is 27.5. The molecule has 206 valence electrons. The van der Waals surface area contributed by atoms with Crippen molar-refractivity contribution in [3.05, 3.63) is 65.6 Å². The number of thioether (sulfide) groups is 1. The average molecular weight is 547 g/mol. The number of nitriles is 1. The Bertz CT molecular complexity index is 1210. The van der Waals surface area contributed by atoms with Crippen LogP contribution in [0.2, 0.25) is 0 Å². The maximum Gasteiger partial charge on any atom is 0.226 e. The van der Waals surface area contributed by atoms with Crippen LogP contribution in [0.3, 0.4) is 0 Å². The van der Waals surface area contributed by atoms with Crippen LogP contribution in [0, 0.1) is 17.2 Å². The topological polar surface area (TPSA) is 87.4 Å². The number of methoxy groups -OCH3 is 1. The molecule has 3 aromatic rings. The van der Waals surface area contributed by atoms with Gasteiger partial charge in [-0.1, -0.05) is 25.0 Å². The van der Waals surface area contributed by atoms with Crippen molar-refractivity contribution in [2.45, 2.75) is 45.7 Å². The molecule has 0 atom stereocenters. The predicted octanol–water partition coefficient (Wildman–Crippen LogP) is 5.72. The van der Waals surface area contributed by atoms with Crippen LogP contribution in [0.5, 0.6) is 11.6 Å². The van der Waals surface area contributed by atoms with Gasteiger partial charge in [-0.05, 0) is 55.7 Å². The number of aromatic nitrogens is 3. The zero-order valence-corrected chi connectivity index (χ0v) is 24.0. The van der Waals surface area contributed by atoms with Crippen molar-refractivity contribution in [1.29, 1.82) is 5.26 Å². The van der Waals surface area contributed by atoms with Gasteiger partial charge >= 0.3 is 0 Å². The second-order valence-electron chi connectivity index (χ2n) is 9.73. The first-order valence-corrected chi connectivity index (χ1v) is 15.0. The molecule has 39 heavy (non-hydrogen) atoms. The molecule has 0 spiro atoms. The largest absolute Gasteiger partial charge is 0.489 e. The minimum Gasteiger partial charge on any atom is -0.489 e. The molecule has 0 amide bonds. The van der Waals surface area contributed by atoms with Gasteiger partial charge in [0.2, 0.25) is 11.8 Å². The fraction of sp³-hybridized carbons (Fsp3) is 0.467. The smallest absolute Gasteiger partial charge is 0.226 e. The molecule has 4 rings (SSSR count). The van der Waals surface area contributed by atoms with E-state index in [4.69, 9.17) is 14.5 Å². The van der Waals surface area contributed by atoms with E-state index in [-0.39, 0.29) is 0 Å². The van der Waals surface area contributed by atoms with E-state index in [1.54, 1.807) is 31.3 Å². The first-order valence-electron chi connectivity index (χ1n) is 13.6. The van der Waals surface area contributed by atoms with Crippen LogP contribution in [0.4, 0.5) is 11.6 Å². The van der Waals surface area contributed by atoms with Gasteiger partial charge in [-0.3, -0.25) is 0 Å². The lowest BCUT2D eigenvalue weighted by molar-refractivity contribution is 0.341. The van der Waals surface area contributed by atoms with Gasteiger partial charge in [-0.15, -0.1) is 0 Å². The Hall–Kier alpha value is -3.51. The highest BCUT2D eigenvalue weighted by atomic mass is 32.2. The van der Waals surface area contributed by atoms with Gasteiger partial charge in [0.05, 0.1) is 55.7 Å². The van der Waals surface area contributed by atoms with Crippen molar-refractivity contribution in [2.75, 3.05) is 48.6 Å². The molecule has 0 radical (unpaired) electrons. The number of nitrogens with zero attached hydrogens (tertiary/aromatic N) is 6. The van der Waals surface area contributed by atoms with E-state index < -0.39 is 0 Å². The number of benzene rings is 1. The third kappa shape index (κ3) is 7.99. The van der Waals surface area contributed by atoms with E-state index in [1.807, 2.05) is 30.3 Å². The molecular weight excluding hydrogens is 508 g/mol. The Kier molecular flexibility index (Phi) is 10.7. The lowest BCUT2D eigenvalue weighted by Crippen LogP contribution is -2.31. The summed E-state index contributed by atoms with van der Waals surface area (Å²) in [5.74, 6) is 3.45. The Morgan fingerprint density at radius 3 is 2.41 bits per heavy atom. The van der Waals surface area contributed by atoms with Gasteiger partial charge in [0.15, 0.2) is 5.75 Å². The van der Waals surface area contributed by atoms with Crippen molar-refractivity contribution >= 4 is 23.4 Å². The second-order valence-corrected chi connectivity index (χ2v) is 10.7. The third-order valence-electron chi connectivity index (χ3n) is 7.06. The normalized spacial score (nSPS) is 13.2. The van der Waals surface area contributed by atoms with E-state index in [2.05, 4.69) is 45.1 Å². The van der Waals surface area contributed by atoms with E-state index in [0.29, 0.717) is 42.8 Å². The third-order valence-corrected chi connectivity index (χ3v) is 7.64. The van der Waals surface area contributed by atoms with Gasteiger partial charge in [0, 0.05) is 31.5 Å². The fourth-order valence-electron chi connectivity index (χ4n) is 4.97. The first-order chi connectivity index (χ1) is 19.1. The predicted molar refractivity (Wildman–Crippen MR) is 158 cm³/mol. The number of hydrogen-bond acceptors (Lipinski definition) is 9. The molecule has 0 saturated heterocycles. The van der Waals surface area contributed by atoms with Crippen LogP contribution in [0.25, 0.3) is 0 Å². The highest BCUT2D eigenvalue weighted by Gasteiger charge is 2.22. The van der Waals surface area contributed by atoms with Crippen LogP contribution in [0.1, 0.15) is 49.4 Å². The molecule has 2 heterocycles. The molecule has 1 saturated carbocycles. The standard InChI is InChI=1S/C30H38N6O2S/c1-4-35(20-24-7-5-6-8-24)28-13-14-29(37-2)34-27(28)22-36(21-25-11-9-23(17-31)10-12-25)30-32-18-26(19-33-30)38-15-16-39-3/h9-14,18-19,24H,4-8,15-16,20-22H2,1-3H3. The molecule has 9 heteroatoms. The van der Waals surface area contributed by atoms with Crippen LogP contribution in [-0.4, -0.2) is 53.8 Å². The first kappa shape index (κ1) is 28.5. The molecule has 0 unspecified atom stereocenters. The SMILES string of the molecule is CCN(CC1CCCC1)c1ccc(OC)nc1CN(Cc1ccc(C#N)cc1)c1ncc(OCCSC)cn1. The fourth-order valence-corrected chi connectivity index (χ4v) is 5.22. The monoisotopic (exact) mass is 546 g/mol. The molecule has 0 N–H and O–H groups in total. The maximum absolute atomic E-state index is 9.23. The van der Waals surface area contributed by atoms with Crippen LogP contribution >= 0.6 is 11.8 Å². The molecular formula is C30H38N6O2S. The minimum atomic E-state index is 0.500. The lowest BCUT2D eigenvalue weighted by atomic mass is 10.1. The molecule has 1 aromatic carbocycles. The van der Waals surface area contributed by atoms with Crippen molar-refractivity contribution in [3.8, 4) is 17.7 Å². The Morgan fingerprint density at radius 2 is 1.77 bits per heavy atom. The van der Waals surface area contributed by atoms with E-state index in [9.17, 15) is 5.26 Å². The maximum atomic E-state index is 9.23. The summed E-state index contributed by atoms with van der Waals surface area (Å²) >= 11 is 1.74. The molecule has 2 aromatic heterocycles. The number of ether oxygens (including phenoxy) is 2. The Labute approximate surface area is 236 Å². The van der Waals surface area contributed by atoms with Crippen molar-refractivity contribution in [3.63, 3.8) is 0 Å². The summed E-state index contributed by atoms with van der Waals surface area (Å²) in [6.45, 7) is 5.82. The summed E-state index contributed by atoms with van der Waals surface area (Å²) in [7, 11) is 1.65. The number of rotatable bonds is 14. The number of anilines is 2. The van der Waals surface area contributed by atoms with Gasteiger partial charge in [-0.25, -0.2) is 15.0 Å². The summed E-state index contributed by atoms with van der Waals surface area (Å²) in [4.78, 5) is 18.8. The molecule has 0 bridgehead atoms. The van der Waals surface area contributed by atoms with Crippen LogP contribution in [0.15, 0.2) is 48.8 Å². The lowest BCUT2D eigenvalue weighted by Gasteiger charge is -2.30. The van der Waals surface area contributed by atoms with Gasteiger partial charge in [0.1, 0.15) is 0 Å². The molecule has 8 nitrogen and oxygen atoms in total. The highest BCUT2D eigenvalue weighted by molar-refractivity contribution is 7.98. The molecule has 1 aliphatic carbocycles. The van der Waals surface area contributed by atoms with Gasteiger partial charge < -0.3 is 19.3 Å². The zero-order valence-electron chi connectivity index (χ0n) is 23.2. The number of pyridine rings is 1. The summed E-state index contributed by atoms with van der Waals surface area (Å²) in [5.41, 5.74) is 3.73. The summed E-state index contributed by atoms with van der Waals surface area (Å²) < 4.78 is 11.3. The summed E-state index contributed by atoms with van der Waals surface area (Å²) in [5, 5.41) is 9.23. The van der Waals surface area contributed by atoms with E-state index >= 15 is 0 Å². The van der Waals surface area contributed by atoms with Gasteiger partial charge in [0.25, 0.3) is 0 Å². The molecule has 1 aliphatic rings. The average Bonchev–Trinajstić information content (AvgIpc) is 3.50. The van der Waals surface area contributed by atoms with E-state index in [0.717, 1.165) is 41.7 Å². The van der Waals surface area contributed by atoms with Gasteiger partial charge in [-0.2, -0.15) is 17.0 Å². The number of hydrogen-bond donors (Lipinski definition) is 0. The van der Waals surface area contributed by atoms with Crippen LogP contribution in [-0.2, 0) is 13.1 Å². The Morgan fingerprint density at radius 1 is 1.03 bits per heavy atom. The summed E-state index contributed by atoms with van der Waals surface area (Å²) in [6, 6.07) is 13.9. The Balaban J connectivity index is 1.64. The van der Waals surface area contributed by atoms with Crippen molar-refractivity contribution in [2.24, 2.45) is 5.92 Å². The molecule has 1 fully saturated rings. The summed E-state index contributed by atoms with van der Waals surface area (Å²) in [6.07, 6.45) is 10.7. The minimum absolute atomic E-state index is 0.500. The van der Waals surface area contributed by atoms with Crippen LogP contribution < -0.4 is 19.3 Å². The van der Waals surface area contributed by atoms with Crippen molar-refractivity contribution in [1.82, 2.24) is 15.0 Å². The second kappa shape index (κ2) is 14.6. The highest BCUT2D eigenvalue weighted by Crippen LogP contribution is 2.30.